The molecule has 0 heterocycles. The van der Waals surface area contributed by atoms with E-state index in [1.54, 1.807) is 0 Å². The van der Waals surface area contributed by atoms with Crippen LogP contribution in [0.3, 0.4) is 0 Å². The predicted octanol–water partition coefficient (Wildman–Crippen LogP) is 4.10. The summed E-state index contributed by atoms with van der Waals surface area (Å²) in [6.07, 6.45) is 2.80. The lowest BCUT2D eigenvalue weighted by Gasteiger charge is -2.34. The smallest absolute Gasteiger partial charge is 0.224 e. The van der Waals surface area contributed by atoms with Crippen molar-refractivity contribution in [1.82, 2.24) is 5.32 Å². The van der Waals surface area contributed by atoms with E-state index in [1.807, 2.05) is 36.9 Å². The van der Waals surface area contributed by atoms with E-state index in [4.69, 9.17) is 3.07 Å². The normalized spacial score (nSPS) is 14.4. The van der Waals surface area contributed by atoms with Gasteiger partial charge in [0, 0.05) is 11.5 Å². The molecular weight excluding hydrogens is 341 g/mol. The summed E-state index contributed by atoms with van der Waals surface area (Å²) in [6, 6.07) is 0. The molecule has 4 heteroatoms. The van der Waals surface area contributed by atoms with Crippen molar-refractivity contribution < 1.29 is 7.86 Å². The maximum absolute atomic E-state index is 12.4. The van der Waals surface area contributed by atoms with Crippen molar-refractivity contribution in [3.63, 3.8) is 0 Å². The first-order chi connectivity index (χ1) is 8.14. The Kier molecular flexibility index (Phi) is 7.75. The minimum absolute atomic E-state index is 0.00986. The molecular formula is C14H28INO2. The zero-order valence-electron chi connectivity index (χ0n) is 12.6. The number of hydrogen-bond acceptors (Lipinski definition) is 2. The van der Waals surface area contributed by atoms with Crippen molar-refractivity contribution in [2.45, 2.75) is 66.3 Å². The van der Waals surface area contributed by atoms with Crippen molar-refractivity contribution in [2.24, 2.45) is 11.3 Å². The highest BCUT2D eigenvalue weighted by atomic mass is 127. The summed E-state index contributed by atoms with van der Waals surface area (Å²) >= 11 is 1.89. The minimum Gasteiger partial charge on any atom is -0.351 e. The van der Waals surface area contributed by atoms with Gasteiger partial charge in [-0.05, 0) is 32.1 Å². The van der Waals surface area contributed by atoms with Gasteiger partial charge in [-0.3, -0.25) is 4.79 Å². The quantitative estimate of drug-likeness (QED) is 0.687. The number of rotatable bonds is 7. The molecule has 108 valence electrons. The van der Waals surface area contributed by atoms with Gasteiger partial charge in [0.2, 0.25) is 5.91 Å². The summed E-state index contributed by atoms with van der Waals surface area (Å²) in [7, 11) is 0. The number of halogens is 1. The van der Waals surface area contributed by atoms with Crippen LogP contribution in [-0.2, 0) is 7.86 Å². The molecule has 0 aliphatic carbocycles. The molecule has 0 spiro atoms. The van der Waals surface area contributed by atoms with Gasteiger partial charge in [0.15, 0.2) is 0 Å². The lowest BCUT2D eigenvalue weighted by molar-refractivity contribution is -0.130. The second kappa shape index (κ2) is 7.68. The third-order valence-electron chi connectivity index (χ3n) is 3.21. The number of amides is 1. The van der Waals surface area contributed by atoms with E-state index >= 15 is 0 Å². The van der Waals surface area contributed by atoms with Crippen LogP contribution < -0.4 is 5.32 Å². The molecule has 1 N–H and O–H groups in total. The van der Waals surface area contributed by atoms with Gasteiger partial charge in [0.1, 0.15) is 23.0 Å². The molecule has 3 nitrogen and oxygen atoms in total. The Morgan fingerprint density at radius 3 is 2.22 bits per heavy atom. The minimum atomic E-state index is -0.209. The van der Waals surface area contributed by atoms with Crippen LogP contribution in [0.25, 0.3) is 0 Å². The van der Waals surface area contributed by atoms with Crippen molar-refractivity contribution >= 4 is 28.9 Å². The molecule has 0 aromatic carbocycles. The molecule has 0 saturated carbocycles. The van der Waals surface area contributed by atoms with E-state index in [1.165, 1.54) is 0 Å². The molecule has 1 unspecified atom stereocenters. The largest absolute Gasteiger partial charge is 0.351 e. The first kappa shape index (κ1) is 18.2. The predicted molar refractivity (Wildman–Crippen MR) is 84.7 cm³/mol. The van der Waals surface area contributed by atoms with Gasteiger partial charge >= 0.3 is 0 Å². The van der Waals surface area contributed by atoms with Crippen LogP contribution in [0.15, 0.2) is 0 Å². The third kappa shape index (κ3) is 6.92. The molecule has 0 radical (unpaired) electrons. The van der Waals surface area contributed by atoms with Gasteiger partial charge in [0.05, 0.1) is 6.61 Å². The standard InChI is InChI=1S/C14H28INO2/c1-7-8-11(13(2,3)4)12(17)16-14(5,6)9-10-18-15/h11H,7-10H2,1-6H3,(H,16,17). The maximum atomic E-state index is 12.4. The first-order valence-electron chi connectivity index (χ1n) is 6.69. The van der Waals surface area contributed by atoms with Gasteiger partial charge in [-0.1, -0.05) is 34.1 Å². The molecule has 0 bridgehead atoms. The van der Waals surface area contributed by atoms with Crippen LogP contribution in [0.1, 0.15) is 60.8 Å². The summed E-state index contributed by atoms with van der Waals surface area (Å²) in [6.45, 7) is 13.3. The van der Waals surface area contributed by atoms with Gasteiger partial charge in [-0.15, -0.1) is 0 Å². The number of carbonyl (C=O) groups is 1. The summed E-state index contributed by atoms with van der Waals surface area (Å²) in [5, 5.41) is 3.16. The molecule has 1 atom stereocenters. The zero-order chi connectivity index (χ0) is 14.4. The zero-order valence-corrected chi connectivity index (χ0v) is 14.8. The van der Waals surface area contributed by atoms with Gasteiger partial charge < -0.3 is 8.38 Å². The Morgan fingerprint density at radius 1 is 1.28 bits per heavy atom. The second-order valence-electron chi connectivity index (χ2n) is 6.64. The van der Waals surface area contributed by atoms with Crippen LogP contribution >= 0.6 is 23.0 Å². The number of hydrogen-bond donors (Lipinski definition) is 1. The fraction of sp³-hybridized carbons (Fsp3) is 0.929. The summed E-state index contributed by atoms with van der Waals surface area (Å²) in [5.74, 6) is 0.241. The summed E-state index contributed by atoms with van der Waals surface area (Å²) < 4.78 is 5.05. The topological polar surface area (TPSA) is 38.3 Å². The Morgan fingerprint density at radius 2 is 1.83 bits per heavy atom. The van der Waals surface area contributed by atoms with Gasteiger partial charge in [-0.2, -0.15) is 0 Å². The Labute approximate surface area is 126 Å². The average molecular weight is 369 g/mol. The van der Waals surface area contributed by atoms with E-state index < -0.39 is 0 Å². The number of carbonyl (C=O) groups excluding carboxylic acids is 1. The van der Waals surface area contributed by atoms with E-state index in [0.29, 0.717) is 6.61 Å². The summed E-state index contributed by atoms with van der Waals surface area (Å²) in [4.78, 5) is 12.4. The average Bonchev–Trinajstić information content (AvgIpc) is 2.20. The monoisotopic (exact) mass is 369 g/mol. The molecule has 0 aromatic rings. The molecule has 18 heavy (non-hydrogen) atoms. The Hall–Kier alpha value is 0.160. The van der Waals surface area contributed by atoms with E-state index in [0.717, 1.165) is 19.3 Å². The van der Waals surface area contributed by atoms with E-state index in [9.17, 15) is 4.79 Å². The highest BCUT2D eigenvalue weighted by Crippen LogP contribution is 2.30. The third-order valence-corrected chi connectivity index (χ3v) is 3.65. The molecule has 0 rings (SSSR count). The van der Waals surface area contributed by atoms with Crippen molar-refractivity contribution in [3.8, 4) is 0 Å². The molecule has 0 aromatic heterocycles. The summed E-state index contributed by atoms with van der Waals surface area (Å²) in [5.41, 5.74) is -0.199. The first-order valence-corrected chi connectivity index (χ1v) is 7.57. The Balaban J connectivity index is 4.60. The van der Waals surface area contributed by atoms with Crippen molar-refractivity contribution in [2.75, 3.05) is 6.61 Å². The van der Waals surface area contributed by atoms with E-state index in [-0.39, 0.29) is 22.8 Å². The Bertz CT molecular complexity index is 259. The molecule has 0 saturated heterocycles. The van der Waals surface area contributed by atoms with Crippen LogP contribution in [0.5, 0.6) is 0 Å². The molecule has 0 fully saturated rings. The number of nitrogens with one attached hydrogen (secondary N) is 1. The second-order valence-corrected chi connectivity index (χ2v) is 7.27. The van der Waals surface area contributed by atoms with Crippen molar-refractivity contribution in [3.05, 3.63) is 0 Å². The fourth-order valence-corrected chi connectivity index (χ4v) is 2.24. The van der Waals surface area contributed by atoms with Crippen LogP contribution in [0.2, 0.25) is 0 Å². The maximum Gasteiger partial charge on any atom is 0.224 e. The highest BCUT2D eigenvalue weighted by molar-refractivity contribution is 14.1. The van der Waals surface area contributed by atoms with Crippen LogP contribution in [-0.4, -0.2) is 18.1 Å². The van der Waals surface area contributed by atoms with E-state index in [2.05, 4.69) is 33.0 Å². The van der Waals surface area contributed by atoms with Crippen LogP contribution in [0, 0.1) is 11.3 Å². The van der Waals surface area contributed by atoms with Gasteiger partial charge in [-0.25, -0.2) is 0 Å². The van der Waals surface area contributed by atoms with Crippen LogP contribution in [0.4, 0.5) is 0 Å². The molecule has 0 aliphatic heterocycles. The highest BCUT2D eigenvalue weighted by Gasteiger charge is 2.33. The van der Waals surface area contributed by atoms with Gasteiger partial charge in [0.25, 0.3) is 0 Å². The lowest BCUT2D eigenvalue weighted by atomic mass is 9.77. The van der Waals surface area contributed by atoms with Crippen molar-refractivity contribution in [1.29, 1.82) is 0 Å². The fourth-order valence-electron chi connectivity index (χ4n) is 2.02. The lowest BCUT2D eigenvalue weighted by Crippen LogP contribution is -2.49. The molecule has 1 amide bonds. The SMILES string of the molecule is CCCC(C(=O)NC(C)(C)CCOI)C(C)(C)C. The molecule has 0 aliphatic rings.